The minimum atomic E-state index is -0.572. The Morgan fingerprint density at radius 2 is 1.70 bits per heavy atom. The molecule has 1 heterocycles. The minimum Gasteiger partial charge on any atom is -0.349 e. The van der Waals surface area contributed by atoms with Crippen molar-refractivity contribution in [3.8, 4) is 0 Å². The van der Waals surface area contributed by atoms with E-state index in [2.05, 4.69) is 40.4 Å². The summed E-state index contributed by atoms with van der Waals surface area (Å²) in [5.74, 6) is -1.26. The summed E-state index contributed by atoms with van der Waals surface area (Å²) in [5.41, 5.74) is 0.586. The van der Waals surface area contributed by atoms with Gasteiger partial charge in [0, 0.05) is 29.2 Å². The third-order valence-electron chi connectivity index (χ3n) is 5.51. The van der Waals surface area contributed by atoms with Crippen molar-refractivity contribution in [1.29, 1.82) is 0 Å². The molecule has 0 radical (unpaired) electrons. The number of unbranched alkanes of at least 4 members (excludes halogenated alkanes) is 1. The first-order valence-corrected chi connectivity index (χ1v) is 14.1. The molecule has 1 aliphatic heterocycles. The van der Waals surface area contributed by atoms with E-state index in [9.17, 15) is 24.4 Å². The van der Waals surface area contributed by atoms with Crippen LogP contribution in [0.5, 0.6) is 0 Å². The van der Waals surface area contributed by atoms with Gasteiger partial charge in [0.15, 0.2) is 0 Å². The molecule has 1 aliphatic rings. The van der Waals surface area contributed by atoms with Crippen LogP contribution in [0.1, 0.15) is 83.5 Å². The predicted molar refractivity (Wildman–Crippen MR) is 149 cm³/mol. The highest BCUT2D eigenvalue weighted by Crippen LogP contribution is 2.14. The number of carbonyl (C=O) groups excluding carboxylic acids is 4. The first kappa shape index (κ1) is 34.5. The van der Waals surface area contributed by atoms with Gasteiger partial charge >= 0.3 is 0 Å². The molecule has 1 fully saturated rings. The summed E-state index contributed by atoms with van der Waals surface area (Å²) in [6.07, 6.45) is 4.96. The molecule has 9 nitrogen and oxygen atoms in total. The fraction of sp³-hybridized carbons (Fsp3) is 0.630. The topological polar surface area (TPSA) is 119 Å². The number of piperidine rings is 1. The van der Waals surface area contributed by atoms with Crippen LogP contribution in [0.2, 0.25) is 0 Å². The van der Waals surface area contributed by atoms with Gasteiger partial charge in [-0.3, -0.25) is 24.4 Å². The van der Waals surface area contributed by atoms with Crippen LogP contribution < -0.4 is 10.6 Å². The maximum absolute atomic E-state index is 12.5. The molecule has 210 valence electrons. The molecule has 2 rings (SSSR count). The lowest BCUT2D eigenvalue weighted by Crippen LogP contribution is -2.49. The second-order valence-corrected chi connectivity index (χ2v) is 9.54. The Hall–Kier alpha value is -2.46. The summed E-state index contributed by atoms with van der Waals surface area (Å²) in [6, 6.07) is 7.11. The molecular weight excluding hydrogens is 540 g/mol. The van der Waals surface area contributed by atoms with Crippen molar-refractivity contribution in [2.75, 3.05) is 26.2 Å². The highest BCUT2D eigenvalue weighted by atomic mass is 79.9. The Labute approximate surface area is 230 Å². The van der Waals surface area contributed by atoms with Crippen molar-refractivity contribution in [1.82, 2.24) is 20.6 Å². The first-order valence-electron chi connectivity index (χ1n) is 13.3. The molecule has 0 saturated carbocycles. The number of benzene rings is 1. The van der Waals surface area contributed by atoms with Gasteiger partial charge < -0.3 is 15.5 Å². The van der Waals surface area contributed by atoms with E-state index < -0.39 is 5.92 Å². The maximum Gasteiger partial charge on any atom is 0.251 e. The molecular formula is C27H45BrN4O5. The quantitative estimate of drug-likeness (QED) is 0.202. The van der Waals surface area contributed by atoms with Crippen LogP contribution >= 0.6 is 15.9 Å². The normalized spacial score (nSPS) is 13.6. The summed E-state index contributed by atoms with van der Waals surface area (Å²) >= 11 is 3.34. The lowest BCUT2D eigenvalue weighted by Gasteiger charge is -2.32. The largest absolute Gasteiger partial charge is 0.349 e. The number of halogens is 1. The molecule has 10 heteroatoms. The third kappa shape index (κ3) is 14.2. The standard InChI is InChI=1S/C22H31BrN4O5.C3H8.C2H6/c1-2-3-4-17(14-27(32)15-28)21(30)24-13-20(29)26-11-9-19(10-12-26)25-22(31)16-5-7-18(23)8-6-16;1-3-2;1-2/h5-8,15,17,19,32H,2-4,9-14H2,1H3,(H,24,30)(H,25,31);3H2,1-2H3;1-2H3. The Balaban J connectivity index is 0.00000241. The molecule has 3 N–H and O–H groups in total. The Kier molecular flexibility index (Phi) is 19.2. The van der Waals surface area contributed by atoms with Gasteiger partial charge in [-0.2, -0.15) is 0 Å². The fourth-order valence-electron chi connectivity index (χ4n) is 3.59. The molecule has 1 atom stereocenters. The average Bonchev–Trinajstić information content (AvgIpc) is 2.91. The highest BCUT2D eigenvalue weighted by molar-refractivity contribution is 9.10. The fourth-order valence-corrected chi connectivity index (χ4v) is 3.85. The molecule has 0 aromatic heterocycles. The van der Waals surface area contributed by atoms with E-state index in [1.165, 1.54) is 6.42 Å². The van der Waals surface area contributed by atoms with Gasteiger partial charge in [0.05, 0.1) is 19.0 Å². The number of likely N-dealkylation sites (tertiary alicyclic amines) is 1. The maximum atomic E-state index is 12.5. The number of nitrogens with one attached hydrogen (secondary N) is 2. The number of hydrogen-bond acceptors (Lipinski definition) is 5. The van der Waals surface area contributed by atoms with Gasteiger partial charge in [0.1, 0.15) is 0 Å². The highest BCUT2D eigenvalue weighted by Gasteiger charge is 2.26. The first-order chi connectivity index (χ1) is 17.7. The molecule has 4 amide bonds. The molecule has 1 aromatic rings. The average molecular weight is 586 g/mol. The minimum absolute atomic E-state index is 0.0120. The van der Waals surface area contributed by atoms with Crippen LogP contribution in [0.4, 0.5) is 0 Å². The predicted octanol–water partition coefficient (Wildman–Crippen LogP) is 4.38. The molecule has 1 aromatic carbocycles. The van der Waals surface area contributed by atoms with Crippen molar-refractivity contribution in [3.63, 3.8) is 0 Å². The zero-order chi connectivity index (χ0) is 28.2. The number of amides is 4. The second-order valence-electron chi connectivity index (χ2n) is 8.63. The van der Waals surface area contributed by atoms with E-state index in [1.807, 2.05) is 32.9 Å². The summed E-state index contributed by atoms with van der Waals surface area (Å²) in [4.78, 5) is 49.6. The number of hydroxylamine groups is 2. The molecule has 0 spiro atoms. The third-order valence-corrected chi connectivity index (χ3v) is 6.04. The summed E-state index contributed by atoms with van der Waals surface area (Å²) in [7, 11) is 0. The van der Waals surface area contributed by atoms with Crippen LogP contribution in [0.15, 0.2) is 28.7 Å². The van der Waals surface area contributed by atoms with E-state index >= 15 is 0 Å². The summed E-state index contributed by atoms with van der Waals surface area (Å²) in [5, 5.41) is 15.5. The SMILES string of the molecule is CC.CCC.CCCCC(CN(O)C=O)C(=O)NCC(=O)N1CCC(NC(=O)c2ccc(Br)cc2)CC1. The Bertz CT molecular complexity index is 798. The van der Waals surface area contributed by atoms with Crippen LogP contribution in [0, 0.1) is 5.92 Å². The zero-order valence-electron chi connectivity index (χ0n) is 23.0. The van der Waals surface area contributed by atoms with Crippen molar-refractivity contribution < 1.29 is 24.4 Å². The van der Waals surface area contributed by atoms with Crippen LogP contribution in [0.3, 0.4) is 0 Å². The van der Waals surface area contributed by atoms with Crippen molar-refractivity contribution in [3.05, 3.63) is 34.3 Å². The number of carbonyl (C=O) groups is 4. The molecule has 1 unspecified atom stereocenters. The monoisotopic (exact) mass is 584 g/mol. The Morgan fingerprint density at radius 1 is 1.14 bits per heavy atom. The molecule has 0 aliphatic carbocycles. The van der Waals surface area contributed by atoms with Gasteiger partial charge in [0.2, 0.25) is 18.2 Å². The van der Waals surface area contributed by atoms with Crippen LogP contribution in [0.25, 0.3) is 0 Å². The zero-order valence-corrected chi connectivity index (χ0v) is 24.6. The van der Waals surface area contributed by atoms with Crippen molar-refractivity contribution >= 4 is 40.1 Å². The van der Waals surface area contributed by atoms with E-state index in [-0.39, 0.29) is 43.3 Å². The van der Waals surface area contributed by atoms with Gasteiger partial charge in [-0.1, -0.05) is 69.8 Å². The van der Waals surface area contributed by atoms with E-state index in [1.54, 1.807) is 17.0 Å². The lowest BCUT2D eigenvalue weighted by molar-refractivity contribution is -0.155. The Morgan fingerprint density at radius 3 is 2.22 bits per heavy atom. The lowest BCUT2D eigenvalue weighted by atomic mass is 10.0. The number of nitrogens with zero attached hydrogens (tertiary/aromatic N) is 2. The van der Waals surface area contributed by atoms with Crippen molar-refractivity contribution in [2.45, 2.75) is 79.2 Å². The van der Waals surface area contributed by atoms with E-state index in [4.69, 9.17) is 0 Å². The summed E-state index contributed by atoms with van der Waals surface area (Å²) < 4.78 is 0.905. The summed E-state index contributed by atoms with van der Waals surface area (Å²) in [6.45, 7) is 11.0. The number of rotatable bonds is 11. The molecule has 0 bridgehead atoms. The van der Waals surface area contributed by atoms with Crippen LogP contribution in [-0.4, -0.2) is 71.5 Å². The van der Waals surface area contributed by atoms with E-state index in [0.29, 0.717) is 43.0 Å². The van der Waals surface area contributed by atoms with Gasteiger partial charge in [0.25, 0.3) is 5.91 Å². The smallest absolute Gasteiger partial charge is 0.251 e. The van der Waals surface area contributed by atoms with Crippen LogP contribution in [-0.2, 0) is 14.4 Å². The second kappa shape index (κ2) is 20.6. The number of hydrogen-bond donors (Lipinski definition) is 3. The van der Waals surface area contributed by atoms with Gasteiger partial charge in [-0.15, -0.1) is 0 Å². The molecule has 37 heavy (non-hydrogen) atoms. The molecule has 1 saturated heterocycles. The van der Waals surface area contributed by atoms with E-state index in [0.717, 1.165) is 17.3 Å². The van der Waals surface area contributed by atoms with Crippen molar-refractivity contribution in [2.24, 2.45) is 5.92 Å². The van der Waals surface area contributed by atoms with Gasteiger partial charge in [-0.25, -0.2) is 5.06 Å². The van der Waals surface area contributed by atoms with Gasteiger partial charge in [-0.05, 0) is 43.5 Å².